The maximum absolute atomic E-state index is 14.8. The number of anilines is 1. The zero-order chi connectivity index (χ0) is 28.3. The summed E-state index contributed by atoms with van der Waals surface area (Å²) in [6.45, 7) is 1.24. The van der Waals surface area contributed by atoms with E-state index in [1.807, 2.05) is 6.92 Å². The van der Waals surface area contributed by atoms with Crippen LogP contribution in [0.2, 0.25) is 0 Å². The number of hydrogen-bond acceptors (Lipinski definition) is 6. The quantitative estimate of drug-likeness (QED) is 0.297. The third kappa shape index (κ3) is 6.35. The number of nitrogens with one attached hydrogen (secondary N) is 2. The molecule has 0 bridgehead atoms. The van der Waals surface area contributed by atoms with Crippen molar-refractivity contribution in [3.8, 4) is 11.3 Å². The number of rotatable bonds is 7. The smallest absolute Gasteiger partial charge is 0.404 e. The van der Waals surface area contributed by atoms with E-state index in [0.29, 0.717) is 18.5 Å². The molecular formula is C27H27F3N4O5. The molecule has 4 atom stereocenters. The summed E-state index contributed by atoms with van der Waals surface area (Å²) in [7, 11) is 0. The Morgan fingerprint density at radius 3 is 2.46 bits per heavy atom. The molecule has 2 aromatic heterocycles. The van der Waals surface area contributed by atoms with Crippen LogP contribution in [0.25, 0.3) is 11.3 Å². The first kappa shape index (κ1) is 28.0. The van der Waals surface area contributed by atoms with Gasteiger partial charge in [-0.1, -0.05) is 6.92 Å². The molecule has 206 valence electrons. The molecule has 0 spiro atoms. The van der Waals surface area contributed by atoms with Crippen molar-refractivity contribution in [2.75, 3.05) is 11.9 Å². The van der Waals surface area contributed by atoms with Gasteiger partial charge in [0.2, 0.25) is 0 Å². The molecule has 4 rings (SSSR count). The molecule has 9 nitrogen and oxygen atoms in total. The van der Waals surface area contributed by atoms with Gasteiger partial charge in [0.25, 0.3) is 5.91 Å². The number of halogens is 3. The number of aromatic nitrogens is 2. The Bertz CT molecular complexity index is 1370. The van der Waals surface area contributed by atoms with Gasteiger partial charge in [0.15, 0.2) is 0 Å². The summed E-state index contributed by atoms with van der Waals surface area (Å²) in [5.41, 5.74) is -1.04. The molecule has 1 fully saturated rings. The Labute approximate surface area is 221 Å². The van der Waals surface area contributed by atoms with Crippen LogP contribution in [0.4, 0.5) is 23.7 Å². The molecule has 2 heterocycles. The molecule has 39 heavy (non-hydrogen) atoms. The van der Waals surface area contributed by atoms with Gasteiger partial charge in [0.05, 0.1) is 24.1 Å². The van der Waals surface area contributed by atoms with E-state index in [9.17, 15) is 27.9 Å². The number of hydrogen-bond donors (Lipinski definition) is 5. The van der Waals surface area contributed by atoms with Crippen LogP contribution in [0.1, 0.15) is 59.8 Å². The van der Waals surface area contributed by atoms with Gasteiger partial charge in [-0.3, -0.25) is 9.78 Å². The van der Waals surface area contributed by atoms with Crippen molar-refractivity contribution in [1.29, 1.82) is 0 Å². The molecule has 1 aromatic carbocycles. The third-order valence-corrected chi connectivity index (χ3v) is 6.75. The van der Waals surface area contributed by atoms with Crippen LogP contribution in [0.3, 0.4) is 0 Å². The highest BCUT2D eigenvalue weighted by Crippen LogP contribution is 2.39. The second kappa shape index (κ2) is 11.8. The predicted molar refractivity (Wildman–Crippen MR) is 134 cm³/mol. The molecule has 3 aromatic rings. The number of nitrogens with zero attached hydrogens (tertiary/aromatic N) is 2. The summed E-state index contributed by atoms with van der Waals surface area (Å²) >= 11 is 0. The summed E-state index contributed by atoms with van der Waals surface area (Å²) in [6.07, 6.45) is 2.30. The largest absolute Gasteiger partial charge is 0.465 e. The normalized spacial score (nSPS) is 19.8. The van der Waals surface area contributed by atoms with Crippen LogP contribution in [-0.4, -0.2) is 49.9 Å². The van der Waals surface area contributed by atoms with E-state index in [0.717, 1.165) is 36.2 Å². The van der Waals surface area contributed by atoms with Crippen molar-refractivity contribution < 1.29 is 38.1 Å². The number of aliphatic hydroxyl groups excluding tert-OH is 2. The average Bonchev–Trinajstić information content (AvgIpc) is 2.88. The van der Waals surface area contributed by atoms with Crippen molar-refractivity contribution in [3.63, 3.8) is 0 Å². The van der Waals surface area contributed by atoms with Crippen LogP contribution >= 0.6 is 0 Å². The van der Waals surface area contributed by atoms with E-state index in [1.165, 1.54) is 6.20 Å². The van der Waals surface area contributed by atoms with Crippen molar-refractivity contribution in [2.24, 2.45) is 5.92 Å². The van der Waals surface area contributed by atoms with Crippen molar-refractivity contribution in [3.05, 3.63) is 77.0 Å². The molecule has 1 saturated carbocycles. The zero-order valence-corrected chi connectivity index (χ0v) is 20.9. The van der Waals surface area contributed by atoms with Gasteiger partial charge < -0.3 is 26.0 Å². The van der Waals surface area contributed by atoms with E-state index < -0.39 is 53.4 Å². The lowest BCUT2D eigenvalue weighted by atomic mass is 9.76. The van der Waals surface area contributed by atoms with Gasteiger partial charge >= 0.3 is 6.09 Å². The number of carbonyl (C=O) groups is 2. The second-order valence-corrected chi connectivity index (χ2v) is 9.66. The van der Waals surface area contributed by atoms with E-state index in [4.69, 9.17) is 10.2 Å². The maximum atomic E-state index is 14.8. The summed E-state index contributed by atoms with van der Waals surface area (Å²) in [5, 5.41) is 33.1. The molecule has 12 heteroatoms. The number of aliphatic hydroxyl groups is 2. The van der Waals surface area contributed by atoms with Crippen LogP contribution < -0.4 is 10.6 Å². The number of pyridine rings is 2. The highest BCUT2D eigenvalue weighted by molar-refractivity contribution is 6.03. The lowest BCUT2D eigenvalue weighted by Gasteiger charge is -2.34. The zero-order valence-electron chi connectivity index (χ0n) is 20.9. The average molecular weight is 545 g/mol. The van der Waals surface area contributed by atoms with Gasteiger partial charge in [-0.25, -0.2) is 22.9 Å². The Balaban J connectivity index is 1.62. The maximum Gasteiger partial charge on any atom is 0.404 e. The van der Waals surface area contributed by atoms with E-state index in [2.05, 4.69) is 20.6 Å². The first-order valence-corrected chi connectivity index (χ1v) is 12.3. The van der Waals surface area contributed by atoms with Gasteiger partial charge in [-0.2, -0.15) is 0 Å². The first-order valence-electron chi connectivity index (χ1n) is 12.3. The SMILES string of the molecule is C[C@@H]1CC(NC(=O)O)C[C@H](c2ccncc2NC(=O)c2ccc(F)c(-c3c(F)cc([C@H](O)CO)cc3F)n2)C1. The van der Waals surface area contributed by atoms with Crippen LogP contribution in [-0.2, 0) is 0 Å². The predicted octanol–water partition coefficient (Wildman–Crippen LogP) is 4.38. The van der Waals surface area contributed by atoms with Gasteiger partial charge in [-0.05, 0) is 72.6 Å². The summed E-state index contributed by atoms with van der Waals surface area (Å²) in [6, 6.07) is 4.91. The molecule has 1 aliphatic carbocycles. The Hall–Kier alpha value is -4.03. The topological polar surface area (TPSA) is 145 Å². The summed E-state index contributed by atoms with van der Waals surface area (Å²) < 4.78 is 44.2. The summed E-state index contributed by atoms with van der Waals surface area (Å²) in [5.74, 6) is -4.18. The fraction of sp³-hybridized carbons (Fsp3) is 0.333. The number of amides is 2. The lowest BCUT2D eigenvalue weighted by Crippen LogP contribution is -2.39. The number of benzene rings is 1. The second-order valence-electron chi connectivity index (χ2n) is 9.66. The fourth-order valence-corrected chi connectivity index (χ4v) is 5.06. The van der Waals surface area contributed by atoms with Crippen molar-refractivity contribution in [2.45, 2.75) is 44.2 Å². The minimum atomic E-state index is -1.53. The van der Waals surface area contributed by atoms with E-state index >= 15 is 0 Å². The molecule has 0 radical (unpaired) electrons. The Kier molecular flexibility index (Phi) is 8.46. The van der Waals surface area contributed by atoms with E-state index in [-0.39, 0.29) is 29.1 Å². The molecule has 0 saturated heterocycles. The number of carbonyl (C=O) groups excluding carboxylic acids is 1. The third-order valence-electron chi connectivity index (χ3n) is 6.75. The molecule has 1 aliphatic rings. The minimum Gasteiger partial charge on any atom is -0.465 e. The van der Waals surface area contributed by atoms with Gasteiger partial charge in [-0.15, -0.1) is 0 Å². The summed E-state index contributed by atoms with van der Waals surface area (Å²) in [4.78, 5) is 32.2. The molecule has 1 unspecified atom stereocenters. The Morgan fingerprint density at radius 1 is 1.08 bits per heavy atom. The van der Waals surface area contributed by atoms with Crippen molar-refractivity contribution >= 4 is 17.7 Å². The molecule has 0 aliphatic heterocycles. The monoisotopic (exact) mass is 544 g/mol. The van der Waals surface area contributed by atoms with Gasteiger partial charge in [0, 0.05) is 12.2 Å². The lowest BCUT2D eigenvalue weighted by molar-refractivity contribution is 0.0951. The highest BCUT2D eigenvalue weighted by Gasteiger charge is 2.30. The minimum absolute atomic E-state index is 0.0865. The molecular weight excluding hydrogens is 517 g/mol. The Morgan fingerprint density at radius 2 is 1.79 bits per heavy atom. The van der Waals surface area contributed by atoms with Crippen LogP contribution in [0.5, 0.6) is 0 Å². The van der Waals surface area contributed by atoms with Crippen LogP contribution in [0.15, 0.2) is 42.7 Å². The first-order chi connectivity index (χ1) is 18.6. The standard InChI is InChI=1S/C27H27F3N4O5/c1-13-6-14(8-16(7-13)32-27(38)39)17-4-5-31-11-22(17)34-26(37)21-3-2-18(28)25(33-21)24-19(29)9-15(10-20(24)30)23(36)12-35/h2-5,9-11,13-14,16,23,32,35-36H,6-8,12H2,1H3,(H,34,37)(H,38,39)/t13-,14+,16?,23+/m0/s1. The van der Waals surface area contributed by atoms with E-state index in [1.54, 1.807) is 12.3 Å². The fourth-order valence-electron chi connectivity index (χ4n) is 5.06. The molecule has 2 amide bonds. The van der Waals surface area contributed by atoms with Crippen molar-refractivity contribution in [1.82, 2.24) is 15.3 Å². The van der Waals surface area contributed by atoms with Crippen LogP contribution in [0, 0.1) is 23.4 Å². The highest BCUT2D eigenvalue weighted by atomic mass is 19.1. The van der Waals surface area contributed by atoms with Gasteiger partial charge in [0.1, 0.15) is 34.9 Å². The number of carboxylic acid groups (broad SMARTS) is 1. The molecule has 5 N–H and O–H groups in total.